The van der Waals surface area contributed by atoms with Crippen LogP contribution in [-0.2, 0) is 9.59 Å². The maximum absolute atomic E-state index is 12.5. The van der Waals surface area contributed by atoms with Gasteiger partial charge in [0.15, 0.2) is 0 Å². The summed E-state index contributed by atoms with van der Waals surface area (Å²) >= 11 is 0. The third-order valence-electron chi connectivity index (χ3n) is 4.53. The summed E-state index contributed by atoms with van der Waals surface area (Å²) in [7, 11) is 0. The van der Waals surface area contributed by atoms with Crippen molar-refractivity contribution in [3.8, 4) is 0 Å². The van der Waals surface area contributed by atoms with Crippen LogP contribution in [0.25, 0.3) is 0 Å². The highest BCUT2D eigenvalue weighted by Crippen LogP contribution is 2.18. The summed E-state index contributed by atoms with van der Waals surface area (Å²) in [6.07, 6.45) is 5.42. The second kappa shape index (κ2) is 9.36. The molecule has 2 unspecified atom stereocenters. The zero-order valence-corrected chi connectivity index (χ0v) is 14.6. The first-order valence-electron chi connectivity index (χ1n) is 8.38. The fraction of sp³-hybridized carbons (Fsp3) is 0.875. The van der Waals surface area contributed by atoms with Crippen molar-refractivity contribution in [3.63, 3.8) is 0 Å². The first kappa shape index (κ1) is 19.2. The molecule has 22 heavy (non-hydrogen) atoms. The predicted octanol–water partition coefficient (Wildman–Crippen LogP) is 1.56. The summed E-state index contributed by atoms with van der Waals surface area (Å²) in [5, 5.41) is 6.33. The molecule has 0 bridgehead atoms. The predicted molar refractivity (Wildman–Crippen MR) is 90.0 cm³/mol. The van der Waals surface area contributed by atoms with Gasteiger partial charge in [0, 0.05) is 25.6 Å². The van der Waals surface area contributed by atoms with Gasteiger partial charge in [0.1, 0.15) is 0 Å². The molecule has 0 aliphatic carbocycles. The lowest BCUT2D eigenvalue weighted by molar-refractivity contribution is -0.135. The van der Waals surface area contributed by atoms with Gasteiger partial charge in [-0.2, -0.15) is 0 Å². The minimum Gasteiger partial charge on any atom is -0.356 e. The molecule has 2 saturated heterocycles. The van der Waals surface area contributed by atoms with Gasteiger partial charge in [0.25, 0.3) is 0 Å². The molecule has 2 aliphatic rings. The molecule has 6 heteroatoms. The Morgan fingerprint density at radius 1 is 1.23 bits per heavy atom. The lowest BCUT2D eigenvalue weighted by Crippen LogP contribution is -2.52. The SMILES string of the molecule is CC(C)C(=O)NCC1CCCN(C(=O)C2CCCCN2)C1.Cl. The van der Waals surface area contributed by atoms with E-state index in [1.54, 1.807) is 0 Å². The molecule has 2 N–H and O–H groups in total. The Labute approximate surface area is 140 Å². The quantitative estimate of drug-likeness (QED) is 0.822. The number of carbonyl (C=O) groups is 2. The second-order valence-electron chi connectivity index (χ2n) is 6.69. The van der Waals surface area contributed by atoms with Crippen LogP contribution in [0.5, 0.6) is 0 Å². The molecule has 0 aromatic carbocycles. The van der Waals surface area contributed by atoms with E-state index >= 15 is 0 Å². The van der Waals surface area contributed by atoms with Gasteiger partial charge in [-0.3, -0.25) is 9.59 Å². The number of hydrogen-bond donors (Lipinski definition) is 2. The summed E-state index contributed by atoms with van der Waals surface area (Å²) in [4.78, 5) is 26.2. The van der Waals surface area contributed by atoms with Crippen molar-refractivity contribution >= 4 is 24.2 Å². The van der Waals surface area contributed by atoms with Crippen LogP contribution in [0.2, 0.25) is 0 Å². The molecule has 5 nitrogen and oxygen atoms in total. The molecular weight excluding hydrogens is 302 g/mol. The highest BCUT2D eigenvalue weighted by atomic mass is 35.5. The number of halogens is 1. The third-order valence-corrected chi connectivity index (χ3v) is 4.53. The number of amides is 2. The van der Waals surface area contributed by atoms with Crippen molar-refractivity contribution in [1.82, 2.24) is 15.5 Å². The van der Waals surface area contributed by atoms with Gasteiger partial charge in [-0.05, 0) is 38.1 Å². The number of nitrogens with zero attached hydrogens (tertiary/aromatic N) is 1. The standard InChI is InChI=1S/C16H29N3O2.ClH/c1-12(2)15(20)18-10-13-6-5-9-19(11-13)16(21)14-7-3-4-8-17-14;/h12-14,17H,3-11H2,1-2H3,(H,18,20);1H. The average Bonchev–Trinajstić information content (AvgIpc) is 2.53. The molecular formula is C16H30ClN3O2. The molecule has 2 fully saturated rings. The van der Waals surface area contributed by atoms with Gasteiger partial charge >= 0.3 is 0 Å². The van der Waals surface area contributed by atoms with E-state index in [4.69, 9.17) is 0 Å². The monoisotopic (exact) mass is 331 g/mol. The highest BCUT2D eigenvalue weighted by Gasteiger charge is 2.29. The molecule has 0 saturated carbocycles. The number of likely N-dealkylation sites (tertiary alicyclic amines) is 1. The molecule has 0 aromatic heterocycles. The Kier molecular flexibility index (Phi) is 8.18. The number of piperidine rings is 2. The van der Waals surface area contributed by atoms with Crippen LogP contribution in [0.15, 0.2) is 0 Å². The Morgan fingerprint density at radius 3 is 2.64 bits per heavy atom. The molecule has 2 amide bonds. The number of hydrogen-bond acceptors (Lipinski definition) is 3. The fourth-order valence-electron chi connectivity index (χ4n) is 3.16. The van der Waals surface area contributed by atoms with Crippen molar-refractivity contribution in [2.75, 3.05) is 26.2 Å². The molecule has 2 heterocycles. The van der Waals surface area contributed by atoms with Gasteiger partial charge in [-0.15, -0.1) is 12.4 Å². The van der Waals surface area contributed by atoms with Crippen molar-refractivity contribution in [3.05, 3.63) is 0 Å². The maximum atomic E-state index is 12.5. The summed E-state index contributed by atoms with van der Waals surface area (Å²) in [5.41, 5.74) is 0. The van der Waals surface area contributed by atoms with Crippen LogP contribution >= 0.6 is 12.4 Å². The first-order chi connectivity index (χ1) is 10.1. The zero-order chi connectivity index (χ0) is 15.2. The van der Waals surface area contributed by atoms with E-state index in [0.717, 1.165) is 45.3 Å². The first-order valence-corrected chi connectivity index (χ1v) is 8.38. The van der Waals surface area contributed by atoms with E-state index in [2.05, 4.69) is 10.6 Å². The average molecular weight is 332 g/mol. The van der Waals surface area contributed by atoms with E-state index in [0.29, 0.717) is 12.5 Å². The van der Waals surface area contributed by atoms with Gasteiger partial charge in [-0.1, -0.05) is 20.3 Å². The molecule has 0 spiro atoms. The Morgan fingerprint density at radius 2 is 2.00 bits per heavy atom. The second-order valence-corrected chi connectivity index (χ2v) is 6.69. The van der Waals surface area contributed by atoms with Crippen LogP contribution in [0.1, 0.15) is 46.0 Å². The van der Waals surface area contributed by atoms with Crippen molar-refractivity contribution in [2.24, 2.45) is 11.8 Å². The molecule has 128 valence electrons. The zero-order valence-electron chi connectivity index (χ0n) is 13.8. The van der Waals surface area contributed by atoms with Crippen LogP contribution < -0.4 is 10.6 Å². The molecule has 0 radical (unpaired) electrons. The van der Waals surface area contributed by atoms with Crippen LogP contribution in [-0.4, -0.2) is 48.9 Å². The Balaban J connectivity index is 0.00000242. The van der Waals surface area contributed by atoms with Gasteiger partial charge in [0.05, 0.1) is 6.04 Å². The summed E-state index contributed by atoms with van der Waals surface area (Å²) < 4.78 is 0. The Bertz CT molecular complexity index is 370. The lowest BCUT2D eigenvalue weighted by Gasteiger charge is -2.36. The lowest BCUT2D eigenvalue weighted by atomic mass is 9.96. The Hall–Kier alpha value is -0.810. The van der Waals surface area contributed by atoms with Gasteiger partial charge in [0.2, 0.25) is 11.8 Å². The van der Waals surface area contributed by atoms with Gasteiger partial charge in [-0.25, -0.2) is 0 Å². The van der Waals surface area contributed by atoms with Crippen molar-refractivity contribution in [2.45, 2.75) is 52.0 Å². The normalized spacial score (nSPS) is 25.5. The third kappa shape index (κ3) is 5.43. The maximum Gasteiger partial charge on any atom is 0.239 e. The van der Waals surface area contributed by atoms with E-state index in [1.165, 1.54) is 6.42 Å². The van der Waals surface area contributed by atoms with E-state index in [1.807, 2.05) is 18.7 Å². The van der Waals surface area contributed by atoms with E-state index in [9.17, 15) is 9.59 Å². The minimum atomic E-state index is 0. The highest BCUT2D eigenvalue weighted by molar-refractivity contribution is 5.85. The van der Waals surface area contributed by atoms with Crippen LogP contribution in [0.4, 0.5) is 0 Å². The van der Waals surface area contributed by atoms with Crippen LogP contribution in [0, 0.1) is 11.8 Å². The summed E-state index contributed by atoms with van der Waals surface area (Å²) in [6.45, 7) is 7.11. The number of nitrogens with one attached hydrogen (secondary N) is 2. The van der Waals surface area contributed by atoms with Crippen molar-refractivity contribution < 1.29 is 9.59 Å². The topological polar surface area (TPSA) is 61.4 Å². The molecule has 2 rings (SSSR count). The summed E-state index contributed by atoms with van der Waals surface area (Å²) in [6, 6.07) is 0.0164. The van der Waals surface area contributed by atoms with Crippen LogP contribution in [0.3, 0.4) is 0 Å². The van der Waals surface area contributed by atoms with Gasteiger partial charge < -0.3 is 15.5 Å². The van der Waals surface area contributed by atoms with Crippen molar-refractivity contribution in [1.29, 1.82) is 0 Å². The largest absolute Gasteiger partial charge is 0.356 e. The smallest absolute Gasteiger partial charge is 0.239 e. The molecule has 0 aromatic rings. The molecule has 2 aliphatic heterocycles. The molecule has 2 atom stereocenters. The van der Waals surface area contributed by atoms with E-state index < -0.39 is 0 Å². The summed E-state index contributed by atoms with van der Waals surface area (Å²) in [5.74, 6) is 0.786. The number of rotatable bonds is 4. The fourth-order valence-corrected chi connectivity index (χ4v) is 3.16. The van der Waals surface area contributed by atoms with E-state index in [-0.39, 0.29) is 36.2 Å². The number of carbonyl (C=O) groups excluding carboxylic acids is 2. The minimum absolute atomic E-state index is 0.